The van der Waals surface area contributed by atoms with Crippen LogP contribution in [0.25, 0.3) is 0 Å². The molecule has 0 atom stereocenters. The van der Waals surface area contributed by atoms with Crippen molar-refractivity contribution in [1.82, 2.24) is 0 Å². The largest absolute Gasteiger partial charge is 0.313 e. The molecule has 2 heteroatoms. The van der Waals surface area contributed by atoms with E-state index in [0.717, 1.165) is 6.54 Å². The molecule has 1 aliphatic rings. The average Bonchev–Trinajstić information content (AvgIpc) is 2.67. The van der Waals surface area contributed by atoms with Crippen molar-refractivity contribution in [3.63, 3.8) is 0 Å². The van der Waals surface area contributed by atoms with Gasteiger partial charge in [-0.2, -0.15) is 0 Å². The van der Waals surface area contributed by atoms with Crippen molar-refractivity contribution < 1.29 is 4.48 Å². The summed E-state index contributed by atoms with van der Waals surface area (Å²) in [5.41, 5.74) is 0. The summed E-state index contributed by atoms with van der Waals surface area (Å²) in [7, 11) is 0. The molecule has 0 unspecified atom stereocenters. The van der Waals surface area contributed by atoms with Gasteiger partial charge in [-0.05, 0) is 42.0 Å². The fraction of sp³-hybridized carbons (Fsp3) is 0.917. The van der Waals surface area contributed by atoms with Crippen LogP contribution < -0.4 is 0 Å². The summed E-state index contributed by atoms with van der Waals surface area (Å²) in [5.74, 6) is 3.37. The molecule has 0 bridgehead atoms. The smallest absolute Gasteiger partial charge is 0.141 e. The third-order valence-electron chi connectivity index (χ3n) is 6.23. The zero-order valence-electron chi connectivity index (χ0n) is 17.7. The molecule has 0 aliphatic carbocycles. The second-order valence-corrected chi connectivity index (χ2v) is 9.14. The summed E-state index contributed by atoms with van der Waals surface area (Å²) >= 11 is 2.20. The van der Waals surface area contributed by atoms with Gasteiger partial charge in [-0.25, -0.2) is 0 Å². The second kappa shape index (κ2) is 17.4. The van der Waals surface area contributed by atoms with E-state index in [4.69, 9.17) is 0 Å². The van der Waals surface area contributed by atoms with Gasteiger partial charge in [0.15, 0.2) is 0 Å². The van der Waals surface area contributed by atoms with Crippen LogP contribution in [0, 0.1) is 9.85 Å². The highest BCUT2D eigenvalue weighted by Gasteiger charge is 2.28. The van der Waals surface area contributed by atoms with Crippen LogP contribution in [0.1, 0.15) is 116 Å². The summed E-state index contributed by atoms with van der Waals surface area (Å²) in [6.45, 7) is 7.53. The Labute approximate surface area is 178 Å². The number of nitrogens with zero attached hydrogens (tertiary/aromatic N) is 1. The first-order valence-corrected chi connectivity index (χ1v) is 12.8. The summed E-state index contributed by atoms with van der Waals surface area (Å²) < 4.78 is 4.40. The molecule has 1 nitrogen and oxygen atoms in total. The molecule has 0 amide bonds. The molecule has 0 spiro atoms. The Morgan fingerprint density at radius 2 is 1.12 bits per heavy atom. The molecule has 1 saturated heterocycles. The fourth-order valence-corrected chi connectivity index (χ4v) is 4.65. The van der Waals surface area contributed by atoms with Crippen LogP contribution in [-0.2, 0) is 0 Å². The van der Waals surface area contributed by atoms with Gasteiger partial charge in [-0.1, -0.05) is 84.0 Å². The number of unbranched alkanes of at least 4 members (excludes halogenated alkanes) is 13. The molecule has 0 aromatic rings. The van der Waals surface area contributed by atoms with Gasteiger partial charge in [-0.3, -0.25) is 0 Å². The van der Waals surface area contributed by atoms with Crippen LogP contribution in [0.5, 0.6) is 0 Å². The highest BCUT2D eigenvalue weighted by atomic mass is 127. The molecule has 1 rings (SSSR count). The number of piperidine rings is 1. The molecule has 0 N–H and O–H groups in total. The van der Waals surface area contributed by atoms with E-state index >= 15 is 0 Å². The highest BCUT2D eigenvalue weighted by molar-refractivity contribution is 14.1. The van der Waals surface area contributed by atoms with Gasteiger partial charge in [0.1, 0.15) is 6.54 Å². The summed E-state index contributed by atoms with van der Waals surface area (Å²) in [4.78, 5) is 0. The number of rotatable bonds is 16. The Balaban J connectivity index is 1.91. The van der Waals surface area contributed by atoms with Gasteiger partial charge in [0.2, 0.25) is 0 Å². The first-order chi connectivity index (χ1) is 12.8. The Bertz CT molecular complexity index is 362. The Morgan fingerprint density at radius 3 is 1.58 bits per heavy atom. The zero-order valence-corrected chi connectivity index (χ0v) is 19.8. The Hall–Kier alpha value is 0.250. The van der Waals surface area contributed by atoms with Crippen molar-refractivity contribution in [2.45, 2.75) is 116 Å². The molecule has 1 heterocycles. The predicted molar refractivity (Wildman–Crippen MR) is 126 cm³/mol. The first-order valence-electron chi connectivity index (χ1n) is 11.8. The molecule has 0 aromatic heterocycles. The van der Waals surface area contributed by atoms with E-state index in [-0.39, 0.29) is 0 Å². The van der Waals surface area contributed by atoms with Crippen molar-refractivity contribution in [2.75, 3.05) is 26.2 Å². The lowest BCUT2D eigenvalue weighted by Crippen LogP contribution is -2.52. The third-order valence-corrected chi connectivity index (χ3v) is 6.61. The Kier molecular flexibility index (Phi) is 16.2. The lowest BCUT2D eigenvalue weighted by molar-refractivity contribution is -0.926. The van der Waals surface area contributed by atoms with E-state index < -0.39 is 0 Å². The molecular weight excluding hydrogens is 429 g/mol. The summed E-state index contributed by atoms with van der Waals surface area (Å²) in [6, 6.07) is 0. The SMILES string of the molecule is CCCCCCCCCCCCCCCC[N+]1(CC#CI)CCCCC1. The number of quaternary nitrogens is 1. The number of halogens is 1. The van der Waals surface area contributed by atoms with Crippen LogP contribution in [0.4, 0.5) is 0 Å². The van der Waals surface area contributed by atoms with Crippen LogP contribution in [0.2, 0.25) is 0 Å². The average molecular weight is 475 g/mol. The molecule has 0 saturated carbocycles. The molecular formula is C24H45IN+. The van der Waals surface area contributed by atoms with E-state index in [1.165, 1.54) is 133 Å². The van der Waals surface area contributed by atoms with E-state index in [1.807, 2.05) is 0 Å². The summed E-state index contributed by atoms with van der Waals surface area (Å²) in [5, 5.41) is 0. The predicted octanol–water partition coefficient (Wildman–Crippen LogP) is 7.86. The molecule has 1 aliphatic heterocycles. The minimum atomic E-state index is 1.10. The van der Waals surface area contributed by atoms with Crippen molar-refractivity contribution >= 4 is 22.6 Å². The molecule has 0 radical (unpaired) electrons. The van der Waals surface area contributed by atoms with E-state index in [9.17, 15) is 0 Å². The van der Waals surface area contributed by atoms with E-state index in [1.54, 1.807) is 0 Å². The van der Waals surface area contributed by atoms with Crippen LogP contribution >= 0.6 is 22.6 Å². The van der Waals surface area contributed by atoms with Gasteiger partial charge in [0.25, 0.3) is 0 Å². The highest BCUT2D eigenvalue weighted by Crippen LogP contribution is 2.20. The maximum atomic E-state index is 3.37. The second-order valence-electron chi connectivity index (χ2n) is 8.60. The Morgan fingerprint density at radius 1 is 0.654 bits per heavy atom. The molecule has 0 aromatic carbocycles. The van der Waals surface area contributed by atoms with Crippen molar-refractivity contribution in [1.29, 1.82) is 0 Å². The van der Waals surface area contributed by atoms with Gasteiger partial charge in [-0.15, -0.1) is 0 Å². The van der Waals surface area contributed by atoms with Crippen LogP contribution in [0.15, 0.2) is 0 Å². The topological polar surface area (TPSA) is 0 Å². The zero-order chi connectivity index (χ0) is 18.8. The maximum absolute atomic E-state index is 3.37. The van der Waals surface area contributed by atoms with E-state index in [2.05, 4.69) is 39.4 Å². The van der Waals surface area contributed by atoms with Crippen molar-refractivity contribution in [3.05, 3.63) is 0 Å². The van der Waals surface area contributed by atoms with Crippen molar-refractivity contribution in [2.24, 2.45) is 0 Å². The minimum absolute atomic E-state index is 1.10. The lowest BCUT2D eigenvalue weighted by atomic mass is 10.0. The van der Waals surface area contributed by atoms with Gasteiger partial charge < -0.3 is 4.48 Å². The minimum Gasteiger partial charge on any atom is -0.313 e. The van der Waals surface area contributed by atoms with Crippen molar-refractivity contribution in [3.8, 4) is 9.85 Å². The first kappa shape index (κ1) is 24.3. The number of hydrogen-bond donors (Lipinski definition) is 0. The normalized spacial score (nSPS) is 16.2. The quantitative estimate of drug-likeness (QED) is 0.0924. The number of likely N-dealkylation sites (tertiary alicyclic amines) is 1. The third kappa shape index (κ3) is 12.6. The fourth-order valence-electron chi connectivity index (χ4n) is 4.48. The maximum Gasteiger partial charge on any atom is 0.141 e. The van der Waals surface area contributed by atoms with Crippen LogP contribution in [-0.4, -0.2) is 30.7 Å². The van der Waals surface area contributed by atoms with E-state index in [0.29, 0.717) is 0 Å². The lowest BCUT2D eigenvalue weighted by Gasteiger charge is -2.40. The summed E-state index contributed by atoms with van der Waals surface area (Å²) in [6.07, 6.45) is 24.6. The molecule has 1 fully saturated rings. The van der Waals surface area contributed by atoms with Gasteiger partial charge in [0.05, 0.1) is 19.6 Å². The van der Waals surface area contributed by atoms with Gasteiger partial charge in [0, 0.05) is 22.6 Å². The van der Waals surface area contributed by atoms with Crippen LogP contribution in [0.3, 0.4) is 0 Å². The molecule has 152 valence electrons. The number of hydrogen-bond acceptors (Lipinski definition) is 0. The molecule has 26 heavy (non-hydrogen) atoms. The van der Waals surface area contributed by atoms with Gasteiger partial charge >= 0.3 is 0 Å². The monoisotopic (exact) mass is 474 g/mol. The standard InChI is InChI=1S/C24H45IN/c1-2-3-4-5-6-7-8-9-10-11-12-13-14-16-21-26(24-19-20-25)22-17-15-18-23-26/h2-18,21-24H2,1H3/q+1.